The van der Waals surface area contributed by atoms with Crippen molar-refractivity contribution in [2.75, 3.05) is 13.1 Å². The van der Waals surface area contributed by atoms with E-state index >= 15 is 0 Å². The maximum atomic E-state index is 13.5. The Hall–Kier alpha value is -2.44. The molecule has 0 radical (unpaired) electrons. The summed E-state index contributed by atoms with van der Waals surface area (Å²) >= 11 is 0. The van der Waals surface area contributed by atoms with Crippen molar-refractivity contribution in [2.24, 2.45) is 0 Å². The van der Waals surface area contributed by atoms with Crippen LogP contribution in [0.3, 0.4) is 0 Å². The number of hydrogen-bond acceptors (Lipinski definition) is 3. The van der Waals surface area contributed by atoms with Gasteiger partial charge in [-0.15, -0.1) is 0 Å². The number of carbonyl (C=O) groups is 3. The summed E-state index contributed by atoms with van der Waals surface area (Å²) in [5.41, 5.74) is -0.472. The second-order valence-corrected chi connectivity index (χ2v) is 3.74. The molecule has 0 heterocycles. The van der Waals surface area contributed by atoms with Crippen LogP contribution in [-0.2, 0) is 4.79 Å². The minimum Gasteiger partial charge on any atom is -0.478 e. The number of carboxylic acid groups (broad SMARTS) is 1. The van der Waals surface area contributed by atoms with Gasteiger partial charge in [0, 0.05) is 20.0 Å². The molecule has 3 N–H and O–H groups in total. The fourth-order valence-electron chi connectivity index (χ4n) is 1.34. The summed E-state index contributed by atoms with van der Waals surface area (Å²) in [6.07, 6.45) is 0. The number of rotatable bonds is 5. The van der Waals surface area contributed by atoms with Crippen molar-refractivity contribution in [2.45, 2.75) is 6.92 Å². The lowest BCUT2D eigenvalue weighted by Gasteiger charge is -2.07. The molecule has 6 nitrogen and oxygen atoms in total. The standard InChI is InChI=1S/C12H13FN2O4/c1-7(16)14-4-5-15-11(17)9-3-2-8(12(18)19)6-10(9)13/h2-3,6H,4-5H2,1H3,(H,14,16)(H,15,17)(H,18,19). The van der Waals surface area contributed by atoms with Crippen molar-refractivity contribution in [1.82, 2.24) is 10.6 Å². The second-order valence-electron chi connectivity index (χ2n) is 3.74. The molecule has 0 fully saturated rings. The topological polar surface area (TPSA) is 95.5 Å². The van der Waals surface area contributed by atoms with Crippen LogP contribution in [0, 0.1) is 5.82 Å². The maximum Gasteiger partial charge on any atom is 0.335 e. The third-order valence-electron chi connectivity index (χ3n) is 2.25. The Morgan fingerprint density at radius 1 is 1.21 bits per heavy atom. The van der Waals surface area contributed by atoms with Crippen molar-refractivity contribution < 1.29 is 23.9 Å². The van der Waals surface area contributed by atoms with Crippen LogP contribution in [0.5, 0.6) is 0 Å². The Balaban J connectivity index is 2.62. The predicted molar refractivity (Wildman–Crippen MR) is 64.4 cm³/mol. The minimum absolute atomic E-state index is 0.151. The average Bonchev–Trinajstić information content (AvgIpc) is 2.33. The van der Waals surface area contributed by atoms with Crippen LogP contribution in [0.15, 0.2) is 18.2 Å². The Labute approximate surface area is 108 Å². The van der Waals surface area contributed by atoms with E-state index in [1.54, 1.807) is 0 Å². The first-order valence-electron chi connectivity index (χ1n) is 5.47. The summed E-state index contributed by atoms with van der Waals surface area (Å²) in [5, 5.41) is 13.5. The van der Waals surface area contributed by atoms with Gasteiger partial charge in [0.2, 0.25) is 5.91 Å². The van der Waals surface area contributed by atoms with E-state index in [-0.39, 0.29) is 30.1 Å². The number of hydrogen-bond donors (Lipinski definition) is 3. The van der Waals surface area contributed by atoms with E-state index in [4.69, 9.17) is 5.11 Å². The van der Waals surface area contributed by atoms with Crippen LogP contribution < -0.4 is 10.6 Å². The quantitative estimate of drug-likeness (QED) is 0.673. The molecule has 0 spiro atoms. The van der Waals surface area contributed by atoms with Gasteiger partial charge in [0.25, 0.3) is 5.91 Å². The number of nitrogens with one attached hydrogen (secondary N) is 2. The Kier molecular flexibility index (Phi) is 4.99. The number of benzene rings is 1. The lowest BCUT2D eigenvalue weighted by atomic mass is 10.1. The van der Waals surface area contributed by atoms with Gasteiger partial charge in [-0.05, 0) is 18.2 Å². The molecule has 2 amide bonds. The molecule has 0 bridgehead atoms. The lowest BCUT2D eigenvalue weighted by Crippen LogP contribution is -2.34. The molecule has 0 aliphatic heterocycles. The first kappa shape index (κ1) is 14.6. The number of aromatic carboxylic acids is 1. The highest BCUT2D eigenvalue weighted by Crippen LogP contribution is 2.10. The van der Waals surface area contributed by atoms with Gasteiger partial charge in [0.05, 0.1) is 11.1 Å². The predicted octanol–water partition coefficient (Wildman–Crippen LogP) is 0.390. The third-order valence-corrected chi connectivity index (χ3v) is 2.25. The van der Waals surface area contributed by atoms with E-state index < -0.39 is 17.7 Å². The summed E-state index contributed by atoms with van der Waals surface area (Å²) in [7, 11) is 0. The minimum atomic E-state index is -1.27. The van der Waals surface area contributed by atoms with Crippen molar-refractivity contribution >= 4 is 17.8 Å². The van der Waals surface area contributed by atoms with E-state index in [2.05, 4.69) is 10.6 Å². The van der Waals surface area contributed by atoms with E-state index in [9.17, 15) is 18.8 Å². The van der Waals surface area contributed by atoms with Crippen molar-refractivity contribution in [1.29, 1.82) is 0 Å². The molecule has 1 rings (SSSR count). The van der Waals surface area contributed by atoms with Gasteiger partial charge in [-0.1, -0.05) is 0 Å². The second kappa shape index (κ2) is 6.48. The molecule has 7 heteroatoms. The summed E-state index contributed by atoms with van der Waals surface area (Å²) in [6, 6.07) is 3.03. The number of carboxylic acids is 1. The first-order valence-corrected chi connectivity index (χ1v) is 5.47. The van der Waals surface area contributed by atoms with Gasteiger partial charge in [-0.3, -0.25) is 9.59 Å². The van der Waals surface area contributed by atoms with Crippen molar-refractivity contribution in [3.05, 3.63) is 35.1 Å². The van der Waals surface area contributed by atoms with Gasteiger partial charge in [0.1, 0.15) is 5.82 Å². The Bertz CT molecular complexity index is 516. The summed E-state index contributed by atoms with van der Waals surface area (Å²) in [5.74, 6) is -3.07. The molecule has 0 aliphatic carbocycles. The van der Waals surface area contributed by atoms with Gasteiger partial charge < -0.3 is 15.7 Å². The van der Waals surface area contributed by atoms with Crippen LogP contribution in [-0.4, -0.2) is 36.0 Å². The molecule has 0 aromatic heterocycles. The number of halogens is 1. The monoisotopic (exact) mass is 268 g/mol. The molecule has 19 heavy (non-hydrogen) atoms. The largest absolute Gasteiger partial charge is 0.478 e. The molecule has 1 aromatic rings. The molecule has 0 unspecified atom stereocenters. The van der Waals surface area contributed by atoms with Crippen LogP contribution in [0.25, 0.3) is 0 Å². The maximum absolute atomic E-state index is 13.5. The highest BCUT2D eigenvalue weighted by Gasteiger charge is 2.13. The van der Waals surface area contributed by atoms with E-state index in [1.165, 1.54) is 6.92 Å². The molecule has 0 aliphatic rings. The highest BCUT2D eigenvalue weighted by atomic mass is 19.1. The fraction of sp³-hybridized carbons (Fsp3) is 0.250. The molecular weight excluding hydrogens is 255 g/mol. The van der Waals surface area contributed by atoms with Crippen molar-refractivity contribution in [3.63, 3.8) is 0 Å². The molecule has 102 valence electrons. The molecule has 1 aromatic carbocycles. The zero-order valence-electron chi connectivity index (χ0n) is 10.2. The van der Waals surface area contributed by atoms with Crippen LogP contribution in [0.4, 0.5) is 4.39 Å². The lowest BCUT2D eigenvalue weighted by molar-refractivity contribution is -0.118. The molecule has 0 saturated carbocycles. The summed E-state index contributed by atoms with van der Waals surface area (Å²) < 4.78 is 13.5. The van der Waals surface area contributed by atoms with Gasteiger partial charge >= 0.3 is 5.97 Å². The van der Waals surface area contributed by atoms with Crippen LogP contribution >= 0.6 is 0 Å². The summed E-state index contributed by atoms with van der Waals surface area (Å²) in [4.78, 5) is 32.8. The zero-order valence-corrected chi connectivity index (χ0v) is 10.2. The van der Waals surface area contributed by atoms with E-state index in [0.29, 0.717) is 0 Å². The van der Waals surface area contributed by atoms with E-state index in [0.717, 1.165) is 18.2 Å². The van der Waals surface area contributed by atoms with Crippen LogP contribution in [0.1, 0.15) is 27.6 Å². The Morgan fingerprint density at radius 3 is 2.37 bits per heavy atom. The number of carbonyl (C=O) groups excluding carboxylic acids is 2. The highest BCUT2D eigenvalue weighted by molar-refractivity contribution is 5.96. The summed E-state index contributed by atoms with van der Waals surface area (Å²) in [6.45, 7) is 1.72. The first-order chi connectivity index (χ1) is 8.91. The molecular formula is C12H13FN2O4. The van der Waals surface area contributed by atoms with E-state index in [1.807, 2.05) is 0 Å². The Morgan fingerprint density at radius 2 is 1.84 bits per heavy atom. The fourth-order valence-corrected chi connectivity index (χ4v) is 1.34. The SMILES string of the molecule is CC(=O)NCCNC(=O)c1ccc(C(=O)O)cc1F. The van der Waals surface area contributed by atoms with Gasteiger partial charge in [-0.25, -0.2) is 9.18 Å². The normalized spacial score (nSPS) is 9.79. The average molecular weight is 268 g/mol. The van der Waals surface area contributed by atoms with Crippen molar-refractivity contribution in [3.8, 4) is 0 Å². The third kappa shape index (κ3) is 4.38. The zero-order chi connectivity index (χ0) is 14.4. The molecule has 0 atom stereocenters. The van der Waals surface area contributed by atoms with Gasteiger partial charge in [-0.2, -0.15) is 0 Å². The molecule has 0 saturated heterocycles. The number of amides is 2. The smallest absolute Gasteiger partial charge is 0.335 e. The van der Waals surface area contributed by atoms with Gasteiger partial charge in [0.15, 0.2) is 0 Å². The van der Waals surface area contributed by atoms with Crippen LogP contribution in [0.2, 0.25) is 0 Å².